The Balaban J connectivity index is 2.69. The van der Waals surface area contributed by atoms with Gasteiger partial charge in [0, 0.05) is 6.20 Å². The van der Waals surface area contributed by atoms with E-state index in [1.807, 2.05) is 0 Å². The number of esters is 1. The van der Waals surface area contributed by atoms with Gasteiger partial charge in [0.25, 0.3) is 0 Å². The van der Waals surface area contributed by atoms with E-state index in [4.69, 9.17) is 5.73 Å². The van der Waals surface area contributed by atoms with Crippen LogP contribution in [0.1, 0.15) is 24.0 Å². The van der Waals surface area contributed by atoms with Crippen molar-refractivity contribution in [3.8, 4) is 0 Å². The quantitative estimate of drug-likeness (QED) is 0.704. The summed E-state index contributed by atoms with van der Waals surface area (Å²) in [5.41, 5.74) is 6.40. The number of ether oxygens (including phenoxy) is 1. The van der Waals surface area contributed by atoms with Crippen molar-refractivity contribution >= 4 is 5.97 Å². The van der Waals surface area contributed by atoms with Crippen molar-refractivity contribution in [3.05, 3.63) is 23.8 Å². The van der Waals surface area contributed by atoms with E-state index in [2.05, 4.69) is 14.7 Å². The molecule has 0 saturated heterocycles. The van der Waals surface area contributed by atoms with E-state index in [1.54, 1.807) is 19.2 Å². The maximum atomic E-state index is 10.9. The fraction of sp³-hybridized carbons (Fsp3) is 0.444. The molecular formula is C9H13N3O2. The van der Waals surface area contributed by atoms with E-state index in [-0.39, 0.29) is 12.4 Å². The number of aryl methyl sites for hydroxylation is 1. The van der Waals surface area contributed by atoms with Gasteiger partial charge >= 0.3 is 5.97 Å². The lowest BCUT2D eigenvalue weighted by Crippen LogP contribution is -2.17. The number of rotatable bonds is 3. The molecule has 76 valence electrons. The highest BCUT2D eigenvalue weighted by Gasteiger charge is 2.12. The first kappa shape index (κ1) is 10.6. The molecule has 0 spiro atoms. The predicted octanol–water partition coefficient (Wildman–Crippen LogP) is 0.348. The standard InChI is InChI=1S/C9H13N3O2/c1-6-11-4-3-8(12-6)7(10)5-9(13)14-2/h3-4,7H,5,10H2,1-2H3/t7-/m0/s1. The van der Waals surface area contributed by atoms with Crippen molar-refractivity contribution in [1.82, 2.24) is 9.97 Å². The summed E-state index contributed by atoms with van der Waals surface area (Å²) in [7, 11) is 1.33. The minimum atomic E-state index is -0.427. The Bertz CT molecular complexity index is 328. The van der Waals surface area contributed by atoms with Crippen molar-refractivity contribution < 1.29 is 9.53 Å². The van der Waals surface area contributed by atoms with Gasteiger partial charge in [0.15, 0.2) is 0 Å². The van der Waals surface area contributed by atoms with Crippen LogP contribution in [0.15, 0.2) is 12.3 Å². The van der Waals surface area contributed by atoms with Gasteiger partial charge in [0.2, 0.25) is 0 Å². The van der Waals surface area contributed by atoms with Crippen LogP contribution < -0.4 is 5.73 Å². The molecule has 0 aliphatic rings. The zero-order valence-corrected chi connectivity index (χ0v) is 8.23. The maximum Gasteiger partial charge on any atom is 0.307 e. The molecule has 14 heavy (non-hydrogen) atoms. The summed E-state index contributed by atoms with van der Waals surface area (Å²) in [5.74, 6) is 0.302. The Hall–Kier alpha value is -1.49. The van der Waals surface area contributed by atoms with Gasteiger partial charge < -0.3 is 10.5 Å². The Kier molecular flexibility index (Phi) is 3.53. The van der Waals surface area contributed by atoms with Gasteiger partial charge in [-0.2, -0.15) is 0 Å². The SMILES string of the molecule is COC(=O)C[C@H](N)c1ccnc(C)n1. The number of hydrogen-bond donors (Lipinski definition) is 1. The zero-order chi connectivity index (χ0) is 10.6. The summed E-state index contributed by atoms with van der Waals surface area (Å²) in [6.45, 7) is 1.77. The Labute approximate surface area is 82.3 Å². The Morgan fingerprint density at radius 2 is 2.43 bits per heavy atom. The first-order chi connectivity index (χ1) is 6.63. The topological polar surface area (TPSA) is 78.1 Å². The van der Waals surface area contributed by atoms with E-state index in [0.29, 0.717) is 11.5 Å². The molecule has 0 aliphatic heterocycles. The van der Waals surface area contributed by atoms with E-state index < -0.39 is 6.04 Å². The van der Waals surface area contributed by atoms with Crippen molar-refractivity contribution in [1.29, 1.82) is 0 Å². The van der Waals surface area contributed by atoms with Gasteiger partial charge in [-0.3, -0.25) is 4.79 Å². The lowest BCUT2D eigenvalue weighted by atomic mass is 10.1. The molecular weight excluding hydrogens is 182 g/mol. The molecule has 0 bridgehead atoms. The fourth-order valence-electron chi connectivity index (χ4n) is 1.05. The van der Waals surface area contributed by atoms with Crippen LogP contribution in [0.2, 0.25) is 0 Å². The third-order valence-electron chi connectivity index (χ3n) is 1.79. The van der Waals surface area contributed by atoms with E-state index in [9.17, 15) is 4.79 Å². The Morgan fingerprint density at radius 1 is 1.71 bits per heavy atom. The van der Waals surface area contributed by atoms with Crippen molar-refractivity contribution in [2.75, 3.05) is 7.11 Å². The lowest BCUT2D eigenvalue weighted by molar-refractivity contribution is -0.141. The highest BCUT2D eigenvalue weighted by atomic mass is 16.5. The normalized spacial score (nSPS) is 12.2. The van der Waals surface area contributed by atoms with Gasteiger partial charge in [-0.1, -0.05) is 0 Å². The molecule has 0 radical (unpaired) electrons. The van der Waals surface area contributed by atoms with E-state index >= 15 is 0 Å². The van der Waals surface area contributed by atoms with Crippen LogP contribution in [0.4, 0.5) is 0 Å². The minimum absolute atomic E-state index is 0.132. The molecule has 0 saturated carbocycles. The van der Waals surface area contributed by atoms with Crippen LogP contribution in [0, 0.1) is 6.92 Å². The maximum absolute atomic E-state index is 10.9. The molecule has 0 aliphatic carbocycles. The van der Waals surface area contributed by atoms with Crippen molar-refractivity contribution in [2.24, 2.45) is 5.73 Å². The summed E-state index contributed by atoms with van der Waals surface area (Å²) < 4.78 is 4.51. The van der Waals surface area contributed by atoms with Crippen LogP contribution in [0.3, 0.4) is 0 Å². The molecule has 5 nitrogen and oxygen atoms in total. The monoisotopic (exact) mass is 195 g/mol. The third-order valence-corrected chi connectivity index (χ3v) is 1.79. The largest absolute Gasteiger partial charge is 0.469 e. The van der Waals surface area contributed by atoms with Crippen LogP contribution in [-0.2, 0) is 9.53 Å². The number of carbonyl (C=O) groups excluding carboxylic acids is 1. The van der Waals surface area contributed by atoms with E-state index in [0.717, 1.165) is 0 Å². The predicted molar refractivity (Wildman–Crippen MR) is 50.3 cm³/mol. The fourth-order valence-corrected chi connectivity index (χ4v) is 1.05. The summed E-state index contributed by atoms with van der Waals surface area (Å²) in [6, 6.07) is 1.27. The van der Waals surface area contributed by atoms with Gasteiger partial charge in [0.1, 0.15) is 5.82 Å². The first-order valence-corrected chi connectivity index (χ1v) is 4.25. The molecule has 0 amide bonds. The smallest absolute Gasteiger partial charge is 0.307 e. The molecule has 0 aromatic carbocycles. The second kappa shape index (κ2) is 4.66. The van der Waals surface area contributed by atoms with Gasteiger partial charge in [-0.05, 0) is 13.0 Å². The van der Waals surface area contributed by atoms with Crippen LogP contribution >= 0.6 is 0 Å². The van der Waals surface area contributed by atoms with Crippen molar-refractivity contribution in [3.63, 3.8) is 0 Å². The van der Waals surface area contributed by atoms with Gasteiger partial charge in [-0.15, -0.1) is 0 Å². The third kappa shape index (κ3) is 2.77. The van der Waals surface area contributed by atoms with Crippen LogP contribution in [0.5, 0.6) is 0 Å². The van der Waals surface area contributed by atoms with Crippen LogP contribution in [0.25, 0.3) is 0 Å². The molecule has 2 N–H and O–H groups in total. The number of carbonyl (C=O) groups is 1. The summed E-state index contributed by atoms with van der Waals surface area (Å²) >= 11 is 0. The summed E-state index contributed by atoms with van der Waals surface area (Å²) in [5, 5.41) is 0. The Morgan fingerprint density at radius 3 is 3.00 bits per heavy atom. The molecule has 1 aromatic rings. The number of nitrogens with zero attached hydrogens (tertiary/aromatic N) is 2. The molecule has 1 rings (SSSR count). The molecule has 0 fully saturated rings. The molecule has 0 unspecified atom stereocenters. The van der Waals surface area contributed by atoms with Crippen LogP contribution in [-0.4, -0.2) is 23.0 Å². The van der Waals surface area contributed by atoms with E-state index in [1.165, 1.54) is 7.11 Å². The molecule has 5 heteroatoms. The number of nitrogens with two attached hydrogens (primary N) is 1. The molecule has 1 heterocycles. The lowest BCUT2D eigenvalue weighted by Gasteiger charge is -2.09. The van der Waals surface area contributed by atoms with Crippen molar-refractivity contribution in [2.45, 2.75) is 19.4 Å². The summed E-state index contributed by atoms with van der Waals surface area (Å²) in [6.07, 6.45) is 1.75. The van der Waals surface area contributed by atoms with Gasteiger partial charge in [0.05, 0.1) is 25.3 Å². The number of aromatic nitrogens is 2. The average Bonchev–Trinajstić information content (AvgIpc) is 2.17. The number of methoxy groups -OCH3 is 1. The molecule has 1 aromatic heterocycles. The highest BCUT2D eigenvalue weighted by Crippen LogP contribution is 2.10. The summed E-state index contributed by atoms with van der Waals surface area (Å²) in [4.78, 5) is 19.0. The highest BCUT2D eigenvalue weighted by molar-refractivity contribution is 5.70. The first-order valence-electron chi connectivity index (χ1n) is 4.25. The number of hydrogen-bond acceptors (Lipinski definition) is 5. The minimum Gasteiger partial charge on any atom is -0.469 e. The van der Waals surface area contributed by atoms with Gasteiger partial charge in [-0.25, -0.2) is 9.97 Å². The average molecular weight is 195 g/mol. The zero-order valence-electron chi connectivity index (χ0n) is 8.23. The molecule has 1 atom stereocenters. The second-order valence-electron chi connectivity index (χ2n) is 2.92. The second-order valence-corrected chi connectivity index (χ2v) is 2.92.